The molecule has 1 fully saturated rings. The summed E-state index contributed by atoms with van der Waals surface area (Å²) in [7, 11) is 4.79. The fourth-order valence-electron chi connectivity index (χ4n) is 4.68. The Labute approximate surface area is 213 Å². The lowest BCUT2D eigenvalue weighted by molar-refractivity contribution is -0.117. The van der Waals surface area contributed by atoms with Crippen LogP contribution in [0.4, 0.5) is 10.1 Å². The highest BCUT2D eigenvalue weighted by atomic mass is 19.1. The topological polar surface area (TPSA) is 99.3 Å². The summed E-state index contributed by atoms with van der Waals surface area (Å²) < 4.78 is 21.0. The first kappa shape index (κ1) is 24.5. The summed E-state index contributed by atoms with van der Waals surface area (Å²) in [6.45, 7) is 0.731. The predicted octanol–water partition coefficient (Wildman–Crippen LogP) is 4.44. The average Bonchev–Trinajstić information content (AvgIpc) is 3.59. The molecular formula is C28H28FN5O3. The summed E-state index contributed by atoms with van der Waals surface area (Å²) in [5.74, 6) is -0.738. The third kappa shape index (κ3) is 4.65. The summed E-state index contributed by atoms with van der Waals surface area (Å²) in [6.07, 6.45) is 5.02. The van der Waals surface area contributed by atoms with Crippen LogP contribution in [-0.4, -0.2) is 60.5 Å². The number of nitrogens with zero attached hydrogens (tertiary/aromatic N) is 2. The molecule has 190 valence electrons. The van der Waals surface area contributed by atoms with Gasteiger partial charge in [0, 0.05) is 48.6 Å². The Bertz CT molecular complexity index is 1490. The van der Waals surface area contributed by atoms with Gasteiger partial charge in [0.1, 0.15) is 17.2 Å². The number of hydrogen-bond acceptors (Lipinski definition) is 5. The van der Waals surface area contributed by atoms with Crippen molar-refractivity contribution < 1.29 is 18.7 Å². The minimum Gasteiger partial charge on any atom is -0.496 e. The minimum atomic E-state index is -0.687. The first-order valence-electron chi connectivity index (χ1n) is 12.1. The molecule has 5 rings (SSSR count). The van der Waals surface area contributed by atoms with Crippen LogP contribution in [0.15, 0.2) is 54.9 Å². The Balaban J connectivity index is 1.59. The Morgan fingerprint density at radius 3 is 2.68 bits per heavy atom. The van der Waals surface area contributed by atoms with E-state index in [1.165, 1.54) is 11.0 Å². The van der Waals surface area contributed by atoms with Crippen LogP contribution in [0.3, 0.4) is 0 Å². The molecule has 8 nitrogen and oxygen atoms in total. The number of pyridine rings is 1. The van der Waals surface area contributed by atoms with E-state index in [0.29, 0.717) is 23.2 Å². The molecule has 37 heavy (non-hydrogen) atoms. The molecule has 1 aliphatic rings. The smallest absolute Gasteiger partial charge is 0.255 e. The van der Waals surface area contributed by atoms with Crippen molar-refractivity contribution in [1.29, 1.82) is 0 Å². The lowest BCUT2D eigenvalue weighted by Gasteiger charge is -2.18. The molecule has 2 aromatic heterocycles. The SMILES string of the molecule is COc1ccccc1-c1c[nH]c2ncc(-c3cc(F)c(NC(=O)C4CCCN4)c(C(=O)N(C)C)c3)cc12. The van der Waals surface area contributed by atoms with Crippen molar-refractivity contribution in [1.82, 2.24) is 20.2 Å². The average molecular weight is 502 g/mol. The van der Waals surface area contributed by atoms with Gasteiger partial charge in [-0.05, 0) is 49.2 Å². The van der Waals surface area contributed by atoms with Crippen molar-refractivity contribution in [3.05, 3.63) is 66.2 Å². The number of ether oxygens (including phenoxy) is 1. The number of halogens is 1. The van der Waals surface area contributed by atoms with E-state index in [0.717, 1.165) is 35.2 Å². The molecule has 3 N–H and O–H groups in total. The van der Waals surface area contributed by atoms with Crippen molar-refractivity contribution in [2.24, 2.45) is 0 Å². The summed E-state index contributed by atoms with van der Waals surface area (Å²) in [6, 6.07) is 12.1. The zero-order valence-corrected chi connectivity index (χ0v) is 20.9. The van der Waals surface area contributed by atoms with Gasteiger partial charge in [-0.1, -0.05) is 18.2 Å². The van der Waals surface area contributed by atoms with E-state index in [4.69, 9.17) is 4.74 Å². The number of nitrogens with one attached hydrogen (secondary N) is 3. The molecule has 1 aliphatic heterocycles. The monoisotopic (exact) mass is 501 g/mol. The van der Waals surface area contributed by atoms with E-state index in [1.54, 1.807) is 33.5 Å². The van der Waals surface area contributed by atoms with Crippen molar-refractivity contribution in [3.8, 4) is 28.0 Å². The minimum absolute atomic E-state index is 0.0745. The van der Waals surface area contributed by atoms with Gasteiger partial charge in [0.15, 0.2) is 0 Å². The first-order valence-corrected chi connectivity index (χ1v) is 12.1. The molecule has 0 aliphatic carbocycles. The normalized spacial score (nSPS) is 15.1. The molecule has 4 aromatic rings. The highest BCUT2D eigenvalue weighted by molar-refractivity contribution is 6.06. The van der Waals surface area contributed by atoms with Gasteiger partial charge in [0.2, 0.25) is 5.91 Å². The summed E-state index contributed by atoms with van der Waals surface area (Å²) in [4.78, 5) is 34.8. The highest BCUT2D eigenvalue weighted by Crippen LogP contribution is 2.37. The van der Waals surface area contributed by atoms with Gasteiger partial charge in [-0.15, -0.1) is 0 Å². The van der Waals surface area contributed by atoms with Crippen LogP contribution in [0, 0.1) is 5.82 Å². The van der Waals surface area contributed by atoms with Gasteiger partial charge in [0.05, 0.1) is 24.4 Å². The van der Waals surface area contributed by atoms with Crippen molar-refractivity contribution >= 4 is 28.5 Å². The van der Waals surface area contributed by atoms with Crippen molar-refractivity contribution in [2.75, 3.05) is 33.1 Å². The number of para-hydroxylation sites is 1. The van der Waals surface area contributed by atoms with Crippen LogP contribution in [-0.2, 0) is 4.79 Å². The molecule has 2 amide bonds. The molecule has 0 bridgehead atoms. The Kier molecular flexibility index (Phi) is 6.62. The molecule has 0 radical (unpaired) electrons. The number of carbonyl (C=O) groups is 2. The second-order valence-corrected chi connectivity index (χ2v) is 9.24. The van der Waals surface area contributed by atoms with Gasteiger partial charge in [0.25, 0.3) is 5.91 Å². The van der Waals surface area contributed by atoms with Gasteiger partial charge in [-0.25, -0.2) is 9.37 Å². The second kappa shape index (κ2) is 10.0. The van der Waals surface area contributed by atoms with E-state index >= 15 is 4.39 Å². The van der Waals surface area contributed by atoms with Crippen LogP contribution in [0.5, 0.6) is 5.75 Å². The summed E-state index contributed by atoms with van der Waals surface area (Å²) in [5, 5.41) is 6.57. The van der Waals surface area contributed by atoms with Crippen LogP contribution in [0.2, 0.25) is 0 Å². The van der Waals surface area contributed by atoms with E-state index in [9.17, 15) is 9.59 Å². The lowest BCUT2D eigenvalue weighted by atomic mass is 9.99. The number of hydrogen-bond donors (Lipinski definition) is 3. The zero-order valence-electron chi connectivity index (χ0n) is 20.9. The largest absolute Gasteiger partial charge is 0.496 e. The fraction of sp³-hybridized carbons (Fsp3) is 0.250. The van der Waals surface area contributed by atoms with E-state index in [2.05, 4.69) is 20.6 Å². The standard InChI is InChI=1S/C28H28FN5O3/c1-34(2)28(36)20-11-16(13-22(29)25(20)33-27(35)23-8-6-10-30-23)17-12-19-21(15-32-26(19)31-14-17)18-7-4-5-9-24(18)37-3/h4-5,7,9,11-15,23,30H,6,8,10H2,1-3H3,(H,31,32)(H,33,35). The number of amides is 2. The van der Waals surface area contributed by atoms with Gasteiger partial charge in [-0.2, -0.15) is 0 Å². The Morgan fingerprint density at radius 1 is 1.14 bits per heavy atom. The fourth-order valence-corrected chi connectivity index (χ4v) is 4.68. The zero-order chi connectivity index (χ0) is 26.1. The van der Waals surface area contributed by atoms with E-state index in [-0.39, 0.29) is 17.2 Å². The third-order valence-corrected chi connectivity index (χ3v) is 6.61. The molecule has 3 heterocycles. The number of anilines is 1. The van der Waals surface area contributed by atoms with Gasteiger partial charge < -0.3 is 25.3 Å². The van der Waals surface area contributed by atoms with Crippen LogP contribution in [0.1, 0.15) is 23.2 Å². The molecular weight excluding hydrogens is 473 g/mol. The van der Waals surface area contributed by atoms with Gasteiger partial charge in [-0.3, -0.25) is 9.59 Å². The molecule has 1 atom stereocenters. The lowest BCUT2D eigenvalue weighted by Crippen LogP contribution is -2.36. The number of aromatic nitrogens is 2. The Morgan fingerprint density at radius 2 is 1.95 bits per heavy atom. The number of benzene rings is 2. The summed E-state index contributed by atoms with van der Waals surface area (Å²) >= 11 is 0. The van der Waals surface area contributed by atoms with E-state index in [1.807, 2.05) is 36.5 Å². The van der Waals surface area contributed by atoms with Crippen LogP contribution in [0.25, 0.3) is 33.3 Å². The molecule has 9 heteroatoms. The molecule has 2 aromatic carbocycles. The summed E-state index contributed by atoms with van der Waals surface area (Å²) in [5.41, 5.74) is 3.51. The maximum atomic E-state index is 15.5. The molecule has 1 saturated heterocycles. The second-order valence-electron chi connectivity index (χ2n) is 9.24. The molecule has 1 unspecified atom stereocenters. The maximum absolute atomic E-state index is 15.5. The van der Waals surface area contributed by atoms with Crippen molar-refractivity contribution in [2.45, 2.75) is 18.9 Å². The van der Waals surface area contributed by atoms with Crippen molar-refractivity contribution in [3.63, 3.8) is 0 Å². The molecule has 0 saturated carbocycles. The van der Waals surface area contributed by atoms with E-state index < -0.39 is 17.8 Å². The number of methoxy groups -OCH3 is 1. The van der Waals surface area contributed by atoms with Crippen LogP contribution >= 0.6 is 0 Å². The number of fused-ring (bicyclic) bond motifs is 1. The number of carbonyl (C=O) groups excluding carboxylic acids is 2. The number of H-pyrrole nitrogens is 1. The number of rotatable bonds is 6. The quantitative estimate of drug-likeness (QED) is 0.363. The van der Waals surface area contributed by atoms with Crippen LogP contribution < -0.4 is 15.4 Å². The highest BCUT2D eigenvalue weighted by Gasteiger charge is 2.26. The Hall–Kier alpha value is -4.24. The maximum Gasteiger partial charge on any atom is 0.255 e. The third-order valence-electron chi connectivity index (χ3n) is 6.61. The van der Waals surface area contributed by atoms with Gasteiger partial charge >= 0.3 is 0 Å². The molecule has 0 spiro atoms. The predicted molar refractivity (Wildman–Crippen MR) is 141 cm³/mol. The number of aromatic amines is 1. The first-order chi connectivity index (χ1) is 17.9.